The summed E-state index contributed by atoms with van der Waals surface area (Å²) >= 11 is 0. The number of rotatable bonds is 8. The Morgan fingerprint density at radius 3 is 2.38 bits per heavy atom. The minimum atomic E-state index is -4.32. The maximum absolute atomic E-state index is 12.8. The minimum absolute atomic E-state index is 0. The van der Waals surface area contributed by atoms with Gasteiger partial charge in [-0.05, 0) is 43.6 Å². The van der Waals surface area contributed by atoms with E-state index in [1.165, 1.54) is 12.1 Å². The highest BCUT2D eigenvalue weighted by atomic mass is 127. The van der Waals surface area contributed by atoms with Crippen LogP contribution in [0.1, 0.15) is 30.9 Å². The number of piperazine rings is 1. The summed E-state index contributed by atoms with van der Waals surface area (Å²) in [5.41, 5.74) is -0.0569. The minimum Gasteiger partial charge on any atom is -0.356 e. The molecule has 0 aliphatic carbocycles. The molecule has 0 amide bonds. The topological polar surface area (TPSA) is 42.9 Å². The zero-order chi connectivity index (χ0) is 20.4. The van der Waals surface area contributed by atoms with E-state index in [9.17, 15) is 13.2 Å². The van der Waals surface area contributed by atoms with Gasteiger partial charge in [-0.25, -0.2) is 0 Å². The molecule has 9 heteroatoms. The first-order chi connectivity index (χ1) is 13.4. The van der Waals surface area contributed by atoms with Crippen molar-refractivity contribution in [3.8, 4) is 0 Å². The number of guanidine groups is 1. The maximum atomic E-state index is 12.8. The van der Waals surface area contributed by atoms with Crippen LogP contribution in [0.5, 0.6) is 0 Å². The summed E-state index contributed by atoms with van der Waals surface area (Å²) in [6.45, 7) is 10.1. The summed E-state index contributed by atoms with van der Waals surface area (Å²) in [7, 11) is 1.66. The number of nitrogens with one attached hydrogen (secondary N) is 2. The number of hydrogen-bond acceptors (Lipinski definition) is 3. The van der Waals surface area contributed by atoms with Gasteiger partial charge in [-0.15, -0.1) is 24.0 Å². The number of nitrogens with zero attached hydrogens (tertiary/aromatic N) is 3. The number of alkyl halides is 3. The Balaban J connectivity index is 0.00000420. The number of aliphatic imine (C=N–C) groups is 1. The lowest BCUT2D eigenvalue weighted by Crippen LogP contribution is -2.46. The molecule has 2 rings (SSSR count). The van der Waals surface area contributed by atoms with Crippen LogP contribution in [-0.4, -0.2) is 68.6 Å². The fourth-order valence-electron chi connectivity index (χ4n) is 3.26. The van der Waals surface area contributed by atoms with Crippen molar-refractivity contribution in [1.29, 1.82) is 0 Å². The maximum Gasteiger partial charge on any atom is 0.416 e. The predicted octanol–water partition coefficient (Wildman–Crippen LogP) is 3.41. The lowest BCUT2D eigenvalue weighted by Gasteiger charge is -2.34. The second-order valence-corrected chi connectivity index (χ2v) is 7.03. The smallest absolute Gasteiger partial charge is 0.356 e. The van der Waals surface area contributed by atoms with Crippen LogP contribution in [0.3, 0.4) is 0 Å². The molecule has 1 aromatic carbocycles. The van der Waals surface area contributed by atoms with Gasteiger partial charge in [-0.3, -0.25) is 4.99 Å². The third-order valence-electron chi connectivity index (χ3n) is 5.04. The van der Waals surface area contributed by atoms with Crippen LogP contribution in [0.2, 0.25) is 0 Å². The zero-order valence-electron chi connectivity index (χ0n) is 17.3. The fraction of sp³-hybridized carbons (Fsp3) is 0.650. The highest BCUT2D eigenvalue weighted by molar-refractivity contribution is 14.0. The Morgan fingerprint density at radius 1 is 1.07 bits per heavy atom. The molecule has 0 radical (unpaired) electrons. The van der Waals surface area contributed by atoms with E-state index < -0.39 is 11.7 Å². The summed E-state index contributed by atoms with van der Waals surface area (Å²) < 4.78 is 38.3. The first-order valence-electron chi connectivity index (χ1n) is 9.97. The van der Waals surface area contributed by atoms with Crippen LogP contribution >= 0.6 is 24.0 Å². The normalized spacial score (nSPS) is 16.4. The lowest BCUT2D eigenvalue weighted by molar-refractivity contribution is -0.137. The number of hydrogen-bond donors (Lipinski definition) is 2. The van der Waals surface area contributed by atoms with Crippen molar-refractivity contribution in [1.82, 2.24) is 20.4 Å². The molecule has 1 aliphatic heterocycles. The molecule has 0 aromatic heterocycles. The summed E-state index contributed by atoms with van der Waals surface area (Å²) in [4.78, 5) is 9.11. The molecule has 166 valence electrons. The first kappa shape index (κ1) is 26.0. The van der Waals surface area contributed by atoms with Crippen molar-refractivity contribution in [3.05, 3.63) is 35.4 Å². The molecule has 0 unspecified atom stereocenters. The van der Waals surface area contributed by atoms with Crippen molar-refractivity contribution >= 4 is 29.9 Å². The zero-order valence-corrected chi connectivity index (χ0v) is 19.6. The van der Waals surface area contributed by atoms with Gasteiger partial charge in [-0.2, -0.15) is 13.2 Å². The van der Waals surface area contributed by atoms with Crippen molar-refractivity contribution < 1.29 is 13.2 Å². The Morgan fingerprint density at radius 2 is 1.76 bits per heavy atom. The largest absolute Gasteiger partial charge is 0.416 e. The highest BCUT2D eigenvalue weighted by Crippen LogP contribution is 2.29. The summed E-state index contributed by atoms with van der Waals surface area (Å²) in [5, 5.41) is 6.30. The number of halogens is 4. The van der Waals surface area contributed by atoms with E-state index in [2.05, 4.69) is 32.3 Å². The molecule has 0 atom stereocenters. The number of likely N-dealkylation sites (N-methyl/N-ethyl adjacent to an activating group) is 1. The third kappa shape index (κ3) is 9.52. The van der Waals surface area contributed by atoms with Crippen LogP contribution in [0.25, 0.3) is 0 Å². The second-order valence-electron chi connectivity index (χ2n) is 7.03. The molecule has 1 saturated heterocycles. The number of benzene rings is 1. The van der Waals surface area contributed by atoms with Gasteiger partial charge < -0.3 is 20.4 Å². The van der Waals surface area contributed by atoms with Crippen LogP contribution in [0.4, 0.5) is 13.2 Å². The van der Waals surface area contributed by atoms with E-state index in [0.717, 1.165) is 64.7 Å². The van der Waals surface area contributed by atoms with Crippen LogP contribution in [0.15, 0.2) is 29.3 Å². The molecule has 1 aliphatic rings. The van der Waals surface area contributed by atoms with Gasteiger partial charge in [0.05, 0.1) is 5.56 Å². The molecule has 0 bridgehead atoms. The van der Waals surface area contributed by atoms with Crippen molar-refractivity contribution in [3.63, 3.8) is 0 Å². The van der Waals surface area contributed by atoms with Crippen LogP contribution in [-0.2, 0) is 12.7 Å². The summed E-state index contributed by atoms with van der Waals surface area (Å²) in [6.07, 6.45) is -2.18. The molecule has 0 spiro atoms. The van der Waals surface area contributed by atoms with Gasteiger partial charge in [0.25, 0.3) is 0 Å². The Bertz CT molecular complexity index is 616. The molecule has 1 heterocycles. The van der Waals surface area contributed by atoms with E-state index in [1.54, 1.807) is 13.1 Å². The van der Waals surface area contributed by atoms with E-state index in [-0.39, 0.29) is 24.0 Å². The average Bonchev–Trinajstić information content (AvgIpc) is 2.70. The molecule has 2 N–H and O–H groups in total. The quantitative estimate of drug-likeness (QED) is 0.236. The molecule has 29 heavy (non-hydrogen) atoms. The van der Waals surface area contributed by atoms with E-state index in [4.69, 9.17) is 0 Å². The first-order valence-corrected chi connectivity index (χ1v) is 9.97. The average molecular weight is 527 g/mol. The molecule has 1 aromatic rings. The highest BCUT2D eigenvalue weighted by Gasteiger charge is 2.30. The molecular weight excluding hydrogens is 494 g/mol. The summed E-state index contributed by atoms with van der Waals surface area (Å²) in [6, 6.07) is 5.35. The Hall–Kier alpha value is -1.07. The van der Waals surface area contributed by atoms with E-state index in [0.29, 0.717) is 18.1 Å². The van der Waals surface area contributed by atoms with Crippen molar-refractivity contribution in [2.24, 2.45) is 4.99 Å². The molecule has 0 saturated carbocycles. The Labute approximate surface area is 189 Å². The van der Waals surface area contributed by atoms with Crippen LogP contribution in [0, 0.1) is 0 Å². The number of unbranched alkanes of at least 4 members (excludes halogenated alkanes) is 1. The standard InChI is InChI=1S/C20H32F3N5.HI/c1-3-27-11-13-28(14-12-27)10-5-4-9-25-19(24-2)26-16-17-7-6-8-18(15-17)20(21,22)23;/h6-8,15H,3-5,9-14,16H2,1-2H3,(H2,24,25,26);1H. The van der Waals surface area contributed by atoms with E-state index >= 15 is 0 Å². The van der Waals surface area contributed by atoms with Gasteiger partial charge in [0.2, 0.25) is 0 Å². The second kappa shape index (κ2) is 13.3. The van der Waals surface area contributed by atoms with Gasteiger partial charge in [-0.1, -0.05) is 19.1 Å². The van der Waals surface area contributed by atoms with Gasteiger partial charge in [0, 0.05) is 46.3 Å². The summed E-state index contributed by atoms with van der Waals surface area (Å²) in [5.74, 6) is 0.606. The molecular formula is C20H33F3IN5. The monoisotopic (exact) mass is 527 g/mol. The molecule has 1 fully saturated rings. The van der Waals surface area contributed by atoms with Crippen molar-refractivity contribution in [2.75, 3.05) is 52.9 Å². The van der Waals surface area contributed by atoms with Crippen molar-refractivity contribution in [2.45, 2.75) is 32.5 Å². The SMILES string of the molecule is CCN1CCN(CCCCNC(=NC)NCc2cccc(C(F)(F)F)c2)CC1.I. The lowest BCUT2D eigenvalue weighted by atomic mass is 10.1. The van der Waals surface area contributed by atoms with Gasteiger partial charge >= 0.3 is 6.18 Å². The third-order valence-corrected chi connectivity index (χ3v) is 5.04. The van der Waals surface area contributed by atoms with Gasteiger partial charge in [0.15, 0.2) is 5.96 Å². The fourth-order valence-corrected chi connectivity index (χ4v) is 3.26. The molecule has 5 nitrogen and oxygen atoms in total. The Kier molecular flexibility index (Phi) is 11.9. The predicted molar refractivity (Wildman–Crippen MR) is 123 cm³/mol. The van der Waals surface area contributed by atoms with E-state index in [1.807, 2.05) is 0 Å². The van der Waals surface area contributed by atoms with Gasteiger partial charge in [0.1, 0.15) is 0 Å². The van der Waals surface area contributed by atoms with Crippen LogP contribution < -0.4 is 10.6 Å².